The van der Waals surface area contributed by atoms with Gasteiger partial charge in [0.2, 0.25) is 0 Å². The van der Waals surface area contributed by atoms with Gasteiger partial charge in [0, 0.05) is 16.0 Å². The minimum Gasteiger partial charge on any atom is -0.263 e. The first-order chi connectivity index (χ1) is 12.6. The molecule has 2 aromatic carbocycles. The lowest BCUT2D eigenvalue weighted by molar-refractivity contribution is 0.557. The van der Waals surface area contributed by atoms with Crippen molar-refractivity contribution in [1.82, 2.24) is 9.78 Å². The van der Waals surface area contributed by atoms with Crippen LogP contribution in [0.25, 0.3) is 5.69 Å². The number of rotatable bonds is 4. The number of aromatic nitrogens is 2. The van der Waals surface area contributed by atoms with E-state index in [0.717, 1.165) is 16.9 Å². The zero-order valence-electron chi connectivity index (χ0n) is 15.7. The smallest absolute Gasteiger partial charge is 0.263 e. The number of hydrogen-bond donors (Lipinski definition) is 1. The highest BCUT2D eigenvalue weighted by molar-refractivity contribution is 7.92. The largest absolute Gasteiger partial charge is 0.263 e. The quantitative estimate of drug-likeness (QED) is 0.671. The molecule has 0 saturated carbocycles. The summed E-state index contributed by atoms with van der Waals surface area (Å²) >= 11 is 5.88. The van der Waals surface area contributed by atoms with E-state index in [4.69, 9.17) is 16.7 Å². The molecular weight excluding hydrogens is 382 g/mol. The van der Waals surface area contributed by atoms with Crippen LogP contribution in [0.3, 0.4) is 0 Å². The Hall–Kier alpha value is -2.31. The number of anilines is 1. The maximum absolute atomic E-state index is 12.9. The molecule has 7 heteroatoms. The summed E-state index contributed by atoms with van der Waals surface area (Å²) in [5, 5.41) is 5.19. The lowest BCUT2D eigenvalue weighted by Gasteiger charge is -2.16. The monoisotopic (exact) mass is 403 g/mol. The lowest BCUT2D eigenvalue weighted by atomic mass is 9.90. The molecule has 0 fully saturated rings. The SMILES string of the molecule is Cc1c(C(C)(C)C)nn(-c2ccccc2)c1NS(=O)(=O)c1ccc(Cl)cc1. The number of para-hydroxylation sites is 1. The third-order valence-electron chi connectivity index (χ3n) is 4.19. The number of nitrogens with one attached hydrogen (secondary N) is 1. The van der Waals surface area contributed by atoms with Gasteiger partial charge in [-0.2, -0.15) is 5.10 Å². The van der Waals surface area contributed by atoms with Gasteiger partial charge in [-0.15, -0.1) is 0 Å². The first kappa shape index (κ1) is 19.5. The molecule has 1 aromatic heterocycles. The van der Waals surface area contributed by atoms with Crippen molar-refractivity contribution >= 4 is 27.4 Å². The van der Waals surface area contributed by atoms with E-state index in [1.54, 1.807) is 16.8 Å². The Balaban J connectivity index is 2.14. The van der Waals surface area contributed by atoms with Crippen LogP contribution in [0.5, 0.6) is 0 Å². The van der Waals surface area contributed by atoms with Gasteiger partial charge in [0.15, 0.2) is 0 Å². The third-order valence-corrected chi connectivity index (χ3v) is 5.80. The summed E-state index contributed by atoms with van der Waals surface area (Å²) in [6.07, 6.45) is 0. The molecule has 142 valence electrons. The Morgan fingerprint density at radius 3 is 2.15 bits per heavy atom. The molecule has 0 bridgehead atoms. The van der Waals surface area contributed by atoms with E-state index in [0.29, 0.717) is 10.8 Å². The average Bonchev–Trinajstić information content (AvgIpc) is 2.92. The second kappa shape index (κ2) is 7.02. The summed E-state index contributed by atoms with van der Waals surface area (Å²) < 4.78 is 30.2. The van der Waals surface area contributed by atoms with Gasteiger partial charge in [0.25, 0.3) is 10.0 Å². The fourth-order valence-corrected chi connectivity index (χ4v) is 4.12. The van der Waals surface area contributed by atoms with E-state index in [1.807, 2.05) is 37.3 Å². The number of halogens is 1. The molecule has 0 amide bonds. The fraction of sp³-hybridized carbons (Fsp3) is 0.250. The molecule has 3 aromatic rings. The second-order valence-corrected chi connectivity index (χ2v) is 9.50. The highest BCUT2D eigenvalue weighted by Gasteiger charge is 2.27. The minimum atomic E-state index is -3.78. The topological polar surface area (TPSA) is 64.0 Å². The van der Waals surface area contributed by atoms with Gasteiger partial charge in [-0.1, -0.05) is 50.6 Å². The van der Waals surface area contributed by atoms with E-state index in [2.05, 4.69) is 25.5 Å². The van der Waals surface area contributed by atoms with Gasteiger partial charge in [-0.05, 0) is 43.3 Å². The molecule has 0 aliphatic heterocycles. The van der Waals surface area contributed by atoms with E-state index in [9.17, 15) is 8.42 Å². The summed E-state index contributed by atoms with van der Waals surface area (Å²) in [5.74, 6) is 0.432. The molecule has 3 rings (SSSR count). The normalized spacial score (nSPS) is 12.2. The summed E-state index contributed by atoms with van der Waals surface area (Å²) in [6, 6.07) is 15.5. The Kier molecular flexibility index (Phi) is 5.06. The molecule has 1 N–H and O–H groups in total. The number of benzene rings is 2. The molecule has 1 heterocycles. The number of nitrogens with zero attached hydrogens (tertiary/aromatic N) is 2. The Labute approximate surface area is 165 Å². The van der Waals surface area contributed by atoms with Crippen molar-refractivity contribution in [3.05, 3.63) is 70.9 Å². The third kappa shape index (κ3) is 4.01. The van der Waals surface area contributed by atoms with Crippen LogP contribution in [-0.2, 0) is 15.4 Å². The fourth-order valence-electron chi connectivity index (χ4n) is 2.88. The van der Waals surface area contributed by atoms with E-state index >= 15 is 0 Å². The Bertz CT molecular complexity index is 1050. The van der Waals surface area contributed by atoms with Crippen LogP contribution in [0.15, 0.2) is 59.5 Å². The van der Waals surface area contributed by atoms with Crippen LogP contribution >= 0.6 is 11.6 Å². The highest BCUT2D eigenvalue weighted by atomic mass is 35.5. The van der Waals surface area contributed by atoms with Crippen molar-refractivity contribution in [3.8, 4) is 5.69 Å². The van der Waals surface area contributed by atoms with E-state index < -0.39 is 10.0 Å². The predicted molar refractivity (Wildman–Crippen MR) is 109 cm³/mol. The van der Waals surface area contributed by atoms with Gasteiger partial charge in [0.1, 0.15) is 5.82 Å². The van der Waals surface area contributed by atoms with E-state index in [1.165, 1.54) is 12.1 Å². The van der Waals surface area contributed by atoms with Gasteiger partial charge in [0.05, 0.1) is 16.3 Å². The second-order valence-electron chi connectivity index (χ2n) is 7.38. The summed E-state index contributed by atoms with van der Waals surface area (Å²) in [7, 11) is -3.78. The highest BCUT2D eigenvalue weighted by Crippen LogP contribution is 2.32. The molecule has 5 nitrogen and oxygen atoms in total. The van der Waals surface area contributed by atoms with Crippen molar-refractivity contribution in [3.63, 3.8) is 0 Å². The first-order valence-electron chi connectivity index (χ1n) is 8.53. The first-order valence-corrected chi connectivity index (χ1v) is 10.4. The summed E-state index contributed by atoms with van der Waals surface area (Å²) in [5.41, 5.74) is 2.18. The van der Waals surface area contributed by atoms with Crippen LogP contribution in [0.2, 0.25) is 5.02 Å². The van der Waals surface area contributed by atoms with Crippen LogP contribution in [0, 0.1) is 6.92 Å². The maximum atomic E-state index is 12.9. The molecule has 0 aliphatic carbocycles. The zero-order valence-corrected chi connectivity index (χ0v) is 17.3. The van der Waals surface area contributed by atoms with Gasteiger partial charge < -0.3 is 0 Å². The van der Waals surface area contributed by atoms with Gasteiger partial charge >= 0.3 is 0 Å². The molecular formula is C20H22ClN3O2S. The van der Waals surface area contributed by atoms with Crippen molar-refractivity contribution in [2.75, 3.05) is 4.72 Å². The molecule has 0 atom stereocenters. The van der Waals surface area contributed by atoms with Gasteiger partial charge in [-0.25, -0.2) is 13.1 Å². The zero-order chi connectivity index (χ0) is 19.8. The summed E-state index contributed by atoms with van der Waals surface area (Å²) in [4.78, 5) is 0.143. The van der Waals surface area contributed by atoms with Crippen molar-refractivity contribution in [2.45, 2.75) is 38.0 Å². The van der Waals surface area contributed by atoms with Crippen molar-refractivity contribution in [1.29, 1.82) is 0 Å². The average molecular weight is 404 g/mol. The molecule has 27 heavy (non-hydrogen) atoms. The lowest BCUT2D eigenvalue weighted by Crippen LogP contribution is -2.16. The molecule has 0 spiro atoms. The summed E-state index contributed by atoms with van der Waals surface area (Å²) in [6.45, 7) is 8.03. The van der Waals surface area contributed by atoms with Crippen LogP contribution < -0.4 is 4.72 Å². The molecule has 0 aliphatic rings. The van der Waals surface area contributed by atoms with Crippen molar-refractivity contribution in [2.24, 2.45) is 0 Å². The molecule has 0 unspecified atom stereocenters. The predicted octanol–water partition coefficient (Wildman–Crippen LogP) is 4.93. The van der Waals surface area contributed by atoms with Gasteiger partial charge in [-0.3, -0.25) is 4.72 Å². The standard InChI is InChI=1S/C20H22ClN3O2S/c1-14-18(20(2,3)4)22-24(16-8-6-5-7-9-16)19(14)23-27(25,26)17-12-10-15(21)11-13-17/h5-13,23H,1-4H3. The van der Waals surface area contributed by atoms with Crippen molar-refractivity contribution < 1.29 is 8.42 Å². The van der Waals surface area contributed by atoms with Crippen LogP contribution in [-0.4, -0.2) is 18.2 Å². The van der Waals surface area contributed by atoms with E-state index in [-0.39, 0.29) is 10.3 Å². The molecule has 0 radical (unpaired) electrons. The Morgan fingerprint density at radius 1 is 1.00 bits per heavy atom. The number of hydrogen-bond acceptors (Lipinski definition) is 3. The maximum Gasteiger partial charge on any atom is 0.263 e. The Morgan fingerprint density at radius 2 is 1.59 bits per heavy atom. The van der Waals surface area contributed by atoms with Crippen LogP contribution in [0.1, 0.15) is 32.0 Å². The number of sulfonamides is 1. The van der Waals surface area contributed by atoms with Crippen LogP contribution in [0.4, 0.5) is 5.82 Å². The molecule has 0 saturated heterocycles. The minimum absolute atomic E-state index is 0.143.